The van der Waals surface area contributed by atoms with Crippen LogP contribution in [0, 0.1) is 0 Å². The van der Waals surface area contributed by atoms with Crippen molar-refractivity contribution in [2.24, 2.45) is 4.47 Å². The van der Waals surface area contributed by atoms with Gasteiger partial charge in [-0.3, -0.25) is 0 Å². The highest BCUT2D eigenvalue weighted by atomic mass is 32.1. The largest absolute Gasteiger partial charge is 0.217 e. The predicted molar refractivity (Wildman–Crippen MR) is 24.3 cm³/mol. The standard InChI is InChI=1S/C2H6N2OS/c1-4(2)3-6-5/h1-2H3. The molecule has 0 fully saturated rings. The molecule has 0 saturated heterocycles. The molecule has 0 N–H and O–H groups in total. The molecule has 0 aliphatic carbocycles. The van der Waals surface area contributed by atoms with Crippen molar-refractivity contribution in [2.75, 3.05) is 14.1 Å². The summed E-state index contributed by atoms with van der Waals surface area (Å²) in [6.07, 6.45) is 0. The first-order valence-electron chi connectivity index (χ1n) is 1.44. The molecule has 0 aromatic carbocycles. The van der Waals surface area contributed by atoms with E-state index in [1.807, 2.05) is 0 Å². The van der Waals surface area contributed by atoms with Gasteiger partial charge in [0.2, 0.25) is 11.5 Å². The Hall–Kier alpha value is -0.220. The van der Waals surface area contributed by atoms with Crippen molar-refractivity contribution in [3.8, 4) is 0 Å². The second kappa shape index (κ2) is 2.99. The normalized spacial score (nSPS) is 8.50. The van der Waals surface area contributed by atoms with E-state index in [1.54, 1.807) is 14.1 Å². The van der Waals surface area contributed by atoms with Gasteiger partial charge in [-0.1, -0.05) is 0 Å². The van der Waals surface area contributed by atoms with Crippen molar-refractivity contribution in [1.29, 1.82) is 0 Å². The molecular formula is C2H6N2OS. The Kier molecular flexibility index (Phi) is 2.88. The first kappa shape index (κ1) is 5.78. The molecule has 3 nitrogen and oxygen atoms in total. The minimum Gasteiger partial charge on any atom is -0.193 e. The maximum atomic E-state index is 9.45. The van der Waals surface area contributed by atoms with E-state index in [4.69, 9.17) is 0 Å². The molecule has 6 heavy (non-hydrogen) atoms. The first-order valence-corrected chi connectivity index (χ1v) is 2.14. The Balaban J connectivity index is 3.29. The second-order valence-corrected chi connectivity index (χ2v) is 1.32. The summed E-state index contributed by atoms with van der Waals surface area (Å²) in [4.78, 5) is 0. The third kappa shape index (κ3) is 3.78. The minimum atomic E-state index is 0.211. The molecule has 0 aromatic heterocycles. The van der Waals surface area contributed by atoms with Gasteiger partial charge in [-0.2, -0.15) is 9.22 Å². The van der Waals surface area contributed by atoms with Gasteiger partial charge in [0.1, 0.15) is 0 Å². The first-order chi connectivity index (χ1) is 2.77. The summed E-state index contributed by atoms with van der Waals surface area (Å²) >= 11 is 0.211. The third-order valence-electron chi connectivity index (χ3n) is 0.197. The van der Waals surface area contributed by atoms with E-state index in [9.17, 15) is 4.21 Å². The molecule has 0 heterocycles. The van der Waals surface area contributed by atoms with Crippen LogP contribution in [0.3, 0.4) is 0 Å². The average Bonchev–Trinajstić information content (AvgIpc) is 1.35. The fraction of sp³-hybridized carbons (Fsp3) is 1.00. The quantitative estimate of drug-likeness (QED) is 0.436. The fourth-order valence-electron chi connectivity index (χ4n) is 0.0667. The van der Waals surface area contributed by atoms with Gasteiger partial charge in [0.25, 0.3) is 0 Å². The number of nitrogens with zero attached hydrogens (tertiary/aromatic N) is 2. The van der Waals surface area contributed by atoms with Gasteiger partial charge >= 0.3 is 0 Å². The lowest BCUT2D eigenvalue weighted by Gasteiger charge is -1.90. The maximum absolute atomic E-state index is 9.45. The van der Waals surface area contributed by atoms with Crippen LogP contribution in [-0.4, -0.2) is 23.3 Å². The van der Waals surface area contributed by atoms with E-state index in [1.165, 1.54) is 5.01 Å². The van der Waals surface area contributed by atoms with Crippen LogP contribution in [0.5, 0.6) is 0 Å². The predicted octanol–water partition coefficient (Wildman–Crippen LogP) is -0.140. The highest BCUT2D eigenvalue weighted by molar-refractivity contribution is 7.54. The summed E-state index contributed by atoms with van der Waals surface area (Å²) in [5, 5.41) is 1.46. The molecule has 0 aliphatic heterocycles. The Morgan fingerprint density at radius 1 is 1.67 bits per heavy atom. The Labute approximate surface area is 40.2 Å². The van der Waals surface area contributed by atoms with E-state index < -0.39 is 0 Å². The van der Waals surface area contributed by atoms with E-state index in [2.05, 4.69) is 4.47 Å². The van der Waals surface area contributed by atoms with Gasteiger partial charge in [-0.25, -0.2) is 0 Å². The topological polar surface area (TPSA) is 32.7 Å². The molecule has 0 aliphatic rings. The van der Waals surface area contributed by atoms with Gasteiger partial charge in [0.05, 0.1) is 0 Å². The zero-order valence-corrected chi connectivity index (χ0v) is 4.53. The van der Waals surface area contributed by atoms with Gasteiger partial charge in [-0.15, -0.1) is 4.47 Å². The molecule has 0 saturated carbocycles. The lowest BCUT2D eigenvalue weighted by atomic mass is 11.2. The molecule has 0 unspecified atom stereocenters. The monoisotopic (exact) mass is 106 g/mol. The van der Waals surface area contributed by atoms with Crippen LogP contribution in [0.1, 0.15) is 0 Å². The molecule has 0 aromatic rings. The molecule has 0 spiro atoms. The molecular weight excluding hydrogens is 100 g/mol. The minimum absolute atomic E-state index is 0.211. The third-order valence-corrected chi connectivity index (χ3v) is 0.590. The van der Waals surface area contributed by atoms with Crippen LogP contribution in [0.15, 0.2) is 4.47 Å². The van der Waals surface area contributed by atoms with Crippen molar-refractivity contribution in [1.82, 2.24) is 5.01 Å². The highest BCUT2D eigenvalue weighted by Gasteiger charge is 1.71. The zero-order chi connectivity index (χ0) is 4.99. The number of rotatable bonds is 1. The summed E-state index contributed by atoms with van der Waals surface area (Å²) < 4.78 is 12.8. The molecule has 0 atom stereocenters. The molecule has 0 rings (SSSR count). The molecule has 0 amide bonds. The summed E-state index contributed by atoms with van der Waals surface area (Å²) in [6, 6.07) is 0. The maximum Gasteiger partial charge on any atom is 0.217 e. The Morgan fingerprint density at radius 3 is 2.17 bits per heavy atom. The van der Waals surface area contributed by atoms with Crippen LogP contribution in [0.4, 0.5) is 0 Å². The summed E-state index contributed by atoms with van der Waals surface area (Å²) in [5.74, 6) is 0. The lowest BCUT2D eigenvalue weighted by Crippen LogP contribution is -1.98. The number of hydrogen-bond donors (Lipinski definition) is 0. The average molecular weight is 106 g/mol. The van der Waals surface area contributed by atoms with Gasteiger partial charge < -0.3 is 0 Å². The van der Waals surface area contributed by atoms with Crippen molar-refractivity contribution in [3.05, 3.63) is 0 Å². The van der Waals surface area contributed by atoms with E-state index in [0.29, 0.717) is 0 Å². The number of hydrogen-bond acceptors (Lipinski definition) is 2. The molecule has 4 heteroatoms. The van der Waals surface area contributed by atoms with Crippen LogP contribution < -0.4 is 0 Å². The summed E-state index contributed by atoms with van der Waals surface area (Å²) in [5.41, 5.74) is 0. The van der Waals surface area contributed by atoms with Crippen molar-refractivity contribution in [3.63, 3.8) is 0 Å². The van der Waals surface area contributed by atoms with Crippen LogP contribution in [0.2, 0.25) is 0 Å². The van der Waals surface area contributed by atoms with Crippen molar-refractivity contribution >= 4 is 11.5 Å². The van der Waals surface area contributed by atoms with E-state index >= 15 is 0 Å². The lowest BCUT2D eigenvalue weighted by molar-refractivity contribution is 0.445. The second-order valence-electron chi connectivity index (χ2n) is 1.00. The fourth-order valence-corrected chi connectivity index (χ4v) is 0.200. The molecule has 0 radical (unpaired) electrons. The Morgan fingerprint density at radius 2 is 2.17 bits per heavy atom. The van der Waals surface area contributed by atoms with E-state index in [0.717, 1.165) is 0 Å². The summed E-state index contributed by atoms with van der Waals surface area (Å²) in [7, 11) is 3.40. The van der Waals surface area contributed by atoms with Crippen LogP contribution in [-0.2, 0) is 11.5 Å². The van der Waals surface area contributed by atoms with Crippen molar-refractivity contribution < 1.29 is 4.21 Å². The van der Waals surface area contributed by atoms with Gasteiger partial charge in [0.15, 0.2) is 0 Å². The Bertz CT molecular complexity index is 75.6. The van der Waals surface area contributed by atoms with E-state index in [-0.39, 0.29) is 11.5 Å². The van der Waals surface area contributed by atoms with Crippen LogP contribution >= 0.6 is 0 Å². The SMILES string of the molecule is CN(C)N=S=O. The van der Waals surface area contributed by atoms with Crippen LogP contribution in [0.25, 0.3) is 0 Å². The van der Waals surface area contributed by atoms with Gasteiger partial charge in [0, 0.05) is 14.1 Å². The molecule has 36 valence electrons. The van der Waals surface area contributed by atoms with Crippen molar-refractivity contribution in [2.45, 2.75) is 0 Å². The van der Waals surface area contributed by atoms with Gasteiger partial charge in [-0.05, 0) is 0 Å². The highest BCUT2D eigenvalue weighted by Crippen LogP contribution is 1.66. The zero-order valence-electron chi connectivity index (χ0n) is 3.71. The smallest absolute Gasteiger partial charge is 0.193 e. The molecule has 0 bridgehead atoms. The summed E-state index contributed by atoms with van der Waals surface area (Å²) in [6.45, 7) is 0.